The number of hydrogen-bond donors (Lipinski definition) is 0. The minimum absolute atomic E-state index is 0.537. The number of furan rings is 2. The zero-order valence-corrected chi connectivity index (χ0v) is 33.5. The second-order valence-electron chi connectivity index (χ2n) is 15.6. The van der Waals surface area contributed by atoms with Crippen molar-refractivity contribution in [2.75, 3.05) is 0 Å². The quantitative estimate of drug-likeness (QED) is 0.165. The van der Waals surface area contributed by atoms with E-state index in [2.05, 4.69) is 83.4 Å². The maximum absolute atomic E-state index is 6.55. The Labute approximate surface area is 359 Å². The molecule has 0 bridgehead atoms. The molecule has 0 spiro atoms. The summed E-state index contributed by atoms with van der Waals surface area (Å²) in [6, 6.07) is 65.8. The van der Waals surface area contributed by atoms with E-state index in [9.17, 15) is 0 Å². The highest BCUT2D eigenvalue weighted by atomic mass is 16.3. The summed E-state index contributed by atoms with van der Waals surface area (Å²) >= 11 is 0. The van der Waals surface area contributed by atoms with Gasteiger partial charge in [-0.25, -0.2) is 24.9 Å². The molecule has 0 saturated carbocycles. The molecule has 8 aromatic carbocycles. The summed E-state index contributed by atoms with van der Waals surface area (Å²) in [6.45, 7) is 0. The molecule has 8 nitrogen and oxygen atoms in total. The average molecular weight is 809 g/mol. The van der Waals surface area contributed by atoms with E-state index in [0.717, 1.165) is 94.0 Å². The fourth-order valence-corrected chi connectivity index (χ4v) is 8.97. The summed E-state index contributed by atoms with van der Waals surface area (Å²) < 4.78 is 15.2. The first-order valence-corrected chi connectivity index (χ1v) is 20.8. The first kappa shape index (κ1) is 35.0. The zero-order chi connectivity index (χ0) is 41.4. The van der Waals surface area contributed by atoms with Crippen molar-refractivity contribution in [2.45, 2.75) is 0 Å². The molecule has 8 heteroatoms. The van der Waals surface area contributed by atoms with E-state index in [0.29, 0.717) is 28.9 Å². The molecule has 0 aliphatic rings. The molecule has 0 N–H and O–H groups in total. The molecule has 13 rings (SSSR count). The van der Waals surface area contributed by atoms with Gasteiger partial charge >= 0.3 is 0 Å². The van der Waals surface area contributed by atoms with Gasteiger partial charge in [-0.1, -0.05) is 133 Å². The van der Waals surface area contributed by atoms with Gasteiger partial charge in [0.1, 0.15) is 28.0 Å². The number of nitrogens with zero attached hydrogens (tertiary/aromatic N) is 6. The average Bonchev–Trinajstić information content (AvgIpc) is 4.03. The predicted molar refractivity (Wildman–Crippen MR) is 251 cm³/mol. The van der Waals surface area contributed by atoms with Gasteiger partial charge in [0.15, 0.2) is 28.9 Å². The third kappa shape index (κ3) is 5.66. The maximum Gasteiger partial charge on any atom is 0.180 e. The molecule has 5 heterocycles. The lowest BCUT2D eigenvalue weighted by Crippen LogP contribution is -2.01. The second kappa shape index (κ2) is 13.9. The minimum atomic E-state index is 0.537. The topological polar surface area (TPSA) is 95.7 Å². The Bertz CT molecular complexity index is 3910. The van der Waals surface area contributed by atoms with E-state index in [4.69, 9.17) is 33.8 Å². The molecule has 0 atom stereocenters. The van der Waals surface area contributed by atoms with Gasteiger partial charge in [0.25, 0.3) is 0 Å². The van der Waals surface area contributed by atoms with Gasteiger partial charge in [-0.05, 0) is 60.7 Å². The lowest BCUT2D eigenvalue weighted by atomic mass is 10.0. The van der Waals surface area contributed by atoms with Gasteiger partial charge in [-0.2, -0.15) is 0 Å². The van der Waals surface area contributed by atoms with Crippen LogP contribution in [0.1, 0.15) is 0 Å². The number of aromatic nitrogens is 6. The van der Waals surface area contributed by atoms with Gasteiger partial charge in [0, 0.05) is 60.4 Å². The summed E-state index contributed by atoms with van der Waals surface area (Å²) in [7, 11) is 0. The van der Waals surface area contributed by atoms with Crippen molar-refractivity contribution in [3.8, 4) is 62.5 Å². The summed E-state index contributed by atoms with van der Waals surface area (Å²) in [5.41, 5.74) is 12.0. The summed E-state index contributed by atoms with van der Waals surface area (Å²) in [4.78, 5) is 25.9. The SMILES string of the molecule is c1ccc(-c2nc(-c3ccc4c5ccccc5n(-c5ccccc5)c4c3)nc(-c3cccc4oc5ccc(-c6nc(-c7ccccc7)c7oc8ccccc8c7n6)cc5c34)n2)cc1. The Morgan fingerprint density at radius 2 is 0.952 bits per heavy atom. The Morgan fingerprint density at radius 3 is 1.78 bits per heavy atom. The van der Waals surface area contributed by atoms with Crippen LogP contribution in [-0.2, 0) is 0 Å². The Balaban J connectivity index is 1.02. The largest absolute Gasteiger partial charge is 0.456 e. The smallest absolute Gasteiger partial charge is 0.180 e. The highest BCUT2D eigenvalue weighted by Gasteiger charge is 2.22. The van der Waals surface area contributed by atoms with Gasteiger partial charge in [0.2, 0.25) is 0 Å². The molecule has 5 aromatic heterocycles. The molecule has 0 fully saturated rings. The molecule has 0 unspecified atom stereocenters. The van der Waals surface area contributed by atoms with Crippen LogP contribution >= 0.6 is 0 Å². The van der Waals surface area contributed by atoms with Gasteiger partial charge in [-0.3, -0.25) is 0 Å². The fraction of sp³-hybridized carbons (Fsp3) is 0. The Morgan fingerprint density at radius 1 is 0.349 bits per heavy atom. The van der Waals surface area contributed by atoms with E-state index in [1.807, 2.05) is 115 Å². The van der Waals surface area contributed by atoms with Gasteiger partial charge in [0.05, 0.1) is 11.0 Å². The maximum atomic E-state index is 6.55. The molecule has 294 valence electrons. The normalized spacial score (nSPS) is 11.8. The van der Waals surface area contributed by atoms with E-state index in [-0.39, 0.29) is 0 Å². The lowest BCUT2D eigenvalue weighted by molar-refractivity contribution is 0.667. The van der Waals surface area contributed by atoms with Crippen molar-refractivity contribution in [3.63, 3.8) is 0 Å². The number of rotatable bonds is 6. The number of hydrogen-bond acceptors (Lipinski definition) is 7. The first-order valence-electron chi connectivity index (χ1n) is 20.8. The predicted octanol–water partition coefficient (Wildman–Crippen LogP) is 13.9. The molecule has 0 amide bonds. The van der Waals surface area contributed by atoms with E-state index < -0.39 is 0 Å². The van der Waals surface area contributed by atoms with Crippen LogP contribution in [0.4, 0.5) is 0 Å². The highest BCUT2D eigenvalue weighted by molar-refractivity contribution is 6.14. The van der Waals surface area contributed by atoms with Crippen molar-refractivity contribution in [3.05, 3.63) is 194 Å². The molecule has 0 aliphatic heterocycles. The summed E-state index contributed by atoms with van der Waals surface area (Å²) in [5, 5.41) is 5.06. The van der Waals surface area contributed by atoms with Crippen LogP contribution in [0.15, 0.2) is 203 Å². The molecule has 0 aliphatic carbocycles. The van der Waals surface area contributed by atoms with Crippen LogP contribution in [0.3, 0.4) is 0 Å². The number of benzene rings is 8. The number of fused-ring (bicyclic) bond motifs is 9. The molecule has 0 radical (unpaired) electrons. The molecule has 63 heavy (non-hydrogen) atoms. The lowest BCUT2D eigenvalue weighted by Gasteiger charge is -2.11. The van der Waals surface area contributed by atoms with E-state index in [1.165, 1.54) is 5.39 Å². The Hall–Kier alpha value is -8.75. The van der Waals surface area contributed by atoms with Crippen molar-refractivity contribution in [1.29, 1.82) is 0 Å². The van der Waals surface area contributed by atoms with Crippen LogP contribution < -0.4 is 0 Å². The van der Waals surface area contributed by atoms with Crippen LogP contribution in [0.25, 0.3) is 128 Å². The second-order valence-corrected chi connectivity index (χ2v) is 15.6. The van der Waals surface area contributed by atoms with Crippen molar-refractivity contribution in [2.24, 2.45) is 0 Å². The van der Waals surface area contributed by atoms with E-state index in [1.54, 1.807) is 0 Å². The third-order valence-electron chi connectivity index (χ3n) is 11.9. The number of para-hydroxylation sites is 3. The standard InChI is InChI=1S/C55H32N6O2/c1-4-15-33(16-5-1)49-51-50(40-22-11-13-25-45(40)63-51)57-53(56-49)35-28-30-46-42(31-35)48-41(23-14-26-47(48)62-46)55-59-52(34-17-6-2-7-18-34)58-54(60-55)36-27-29-39-38-21-10-12-24-43(38)61(44(39)32-36)37-19-8-3-9-20-37/h1-32H. The monoisotopic (exact) mass is 808 g/mol. The van der Waals surface area contributed by atoms with Gasteiger partial charge < -0.3 is 13.4 Å². The van der Waals surface area contributed by atoms with Crippen LogP contribution in [0, 0.1) is 0 Å². The van der Waals surface area contributed by atoms with E-state index >= 15 is 0 Å². The molecule has 13 aromatic rings. The van der Waals surface area contributed by atoms with Crippen molar-refractivity contribution < 1.29 is 8.83 Å². The van der Waals surface area contributed by atoms with Crippen LogP contribution in [0.5, 0.6) is 0 Å². The molecular formula is C55H32N6O2. The third-order valence-corrected chi connectivity index (χ3v) is 11.9. The highest BCUT2D eigenvalue weighted by Crippen LogP contribution is 2.41. The first-order chi connectivity index (χ1) is 31.2. The molecule has 0 saturated heterocycles. The van der Waals surface area contributed by atoms with Crippen molar-refractivity contribution >= 4 is 65.8 Å². The van der Waals surface area contributed by atoms with Gasteiger partial charge in [-0.15, -0.1) is 0 Å². The fourth-order valence-electron chi connectivity index (χ4n) is 8.97. The minimum Gasteiger partial charge on any atom is -0.456 e. The zero-order valence-electron chi connectivity index (χ0n) is 33.5. The summed E-state index contributed by atoms with van der Waals surface area (Å²) in [6.07, 6.45) is 0. The Kier molecular flexibility index (Phi) is 7.74. The summed E-state index contributed by atoms with van der Waals surface area (Å²) in [5.74, 6) is 2.26. The van der Waals surface area contributed by atoms with Crippen LogP contribution in [-0.4, -0.2) is 29.5 Å². The van der Waals surface area contributed by atoms with Crippen LogP contribution in [0.2, 0.25) is 0 Å². The molecular weight excluding hydrogens is 777 g/mol. The van der Waals surface area contributed by atoms with Crippen molar-refractivity contribution in [1.82, 2.24) is 29.5 Å².